The van der Waals surface area contributed by atoms with Crippen molar-refractivity contribution in [2.45, 2.75) is 33.7 Å². The molecular weight excluding hydrogens is 342 g/mol. The summed E-state index contributed by atoms with van der Waals surface area (Å²) in [5.74, 6) is 0. The van der Waals surface area contributed by atoms with Gasteiger partial charge in [-0.25, -0.2) is 9.78 Å². The Balaban J connectivity index is 1.84. The molecule has 8 heteroatoms. The fraction of sp³-hybridized carbons (Fsp3) is 0.375. The first-order valence-corrected chi connectivity index (χ1v) is 9.12. The average molecular weight is 361 g/mol. The SMILES string of the molecule is Cc1nc(C(C)N(C)C(=O)Nc2c(C)ccc3nsnc23)c(C)s1. The maximum Gasteiger partial charge on any atom is 0.322 e. The van der Waals surface area contributed by atoms with Crippen LogP contribution >= 0.6 is 23.1 Å². The minimum Gasteiger partial charge on any atom is -0.319 e. The summed E-state index contributed by atoms with van der Waals surface area (Å²) in [4.78, 5) is 20.1. The standard InChI is InChI=1S/C16H19N5OS2/c1-8-6-7-12-15(20-24-19-12)13(8)18-16(22)21(5)9(2)14-10(3)23-11(4)17-14/h6-7,9H,1-5H3,(H,18,22). The number of rotatable bonds is 3. The second-order valence-corrected chi connectivity index (χ2v) is 7.72. The second-order valence-electron chi connectivity index (χ2n) is 5.78. The summed E-state index contributed by atoms with van der Waals surface area (Å²) < 4.78 is 8.53. The molecule has 1 N–H and O–H groups in total. The van der Waals surface area contributed by atoms with Gasteiger partial charge in [0.15, 0.2) is 0 Å². The van der Waals surface area contributed by atoms with Gasteiger partial charge in [0.05, 0.1) is 34.2 Å². The maximum atomic E-state index is 12.7. The summed E-state index contributed by atoms with van der Waals surface area (Å²) in [5, 5.41) is 3.99. The third-order valence-electron chi connectivity index (χ3n) is 4.10. The van der Waals surface area contributed by atoms with Gasteiger partial charge in [0, 0.05) is 11.9 Å². The monoisotopic (exact) mass is 361 g/mol. The van der Waals surface area contributed by atoms with Crippen LogP contribution < -0.4 is 5.32 Å². The molecule has 126 valence electrons. The van der Waals surface area contributed by atoms with Crippen LogP contribution in [0.3, 0.4) is 0 Å². The minimum atomic E-state index is -0.184. The third-order valence-corrected chi connectivity index (χ3v) is 5.55. The van der Waals surface area contributed by atoms with E-state index in [0.717, 1.165) is 49.6 Å². The van der Waals surface area contributed by atoms with Gasteiger partial charge >= 0.3 is 6.03 Å². The highest BCUT2D eigenvalue weighted by Gasteiger charge is 2.23. The van der Waals surface area contributed by atoms with Gasteiger partial charge in [0.1, 0.15) is 11.0 Å². The Labute approximate surface area is 148 Å². The van der Waals surface area contributed by atoms with Gasteiger partial charge < -0.3 is 10.2 Å². The molecule has 24 heavy (non-hydrogen) atoms. The Kier molecular flexibility index (Phi) is 4.51. The number of urea groups is 1. The zero-order chi connectivity index (χ0) is 17.4. The first-order chi connectivity index (χ1) is 11.4. The summed E-state index contributed by atoms with van der Waals surface area (Å²) >= 11 is 2.80. The zero-order valence-corrected chi connectivity index (χ0v) is 15.9. The van der Waals surface area contributed by atoms with Crippen LogP contribution in [-0.2, 0) is 0 Å². The van der Waals surface area contributed by atoms with Crippen LogP contribution in [0.25, 0.3) is 11.0 Å². The molecule has 2 amide bonds. The quantitative estimate of drug-likeness (QED) is 0.755. The molecule has 6 nitrogen and oxygen atoms in total. The molecular formula is C16H19N5OS2. The van der Waals surface area contributed by atoms with Crippen LogP contribution in [0, 0.1) is 20.8 Å². The predicted molar refractivity (Wildman–Crippen MR) is 98.9 cm³/mol. The molecule has 3 rings (SSSR count). The van der Waals surface area contributed by atoms with Crippen molar-refractivity contribution in [2.75, 3.05) is 12.4 Å². The molecule has 0 radical (unpaired) electrons. The van der Waals surface area contributed by atoms with Crippen molar-refractivity contribution < 1.29 is 4.79 Å². The van der Waals surface area contributed by atoms with E-state index in [1.54, 1.807) is 23.3 Å². The molecule has 1 atom stereocenters. The van der Waals surface area contributed by atoms with Crippen LogP contribution in [0.15, 0.2) is 12.1 Å². The van der Waals surface area contributed by atoms with Gasteiger partial charge in [-0.2, -0.15) is 8.75 Å². The Bertz CT molecular complexity index is 901. The van der Waals surface area contributed by atoms with E-state index >= 15 is 0 Å². The number of amides is 2. The maximum absolute atomic E-state index is 12.7. The number of thiazole rings is 1. The lowest BCUT2D eigenvalue weighted by molar-refractivity contribution is 0.207. The topological polar surface area (TPSA) is 71.0 Å². The van der Waals surface area contributed by atoms with Crippen LogP contribution in [0.4, 0.5) is 10.5 Å². The summed E-state index contributed by atoms with van der Waals surface area (Å²) in [6.07, 6.45) is 0. The molecule has 0 bridgehead atoms. The summed E-state index contributed by atoms with van der Waals surface area (Å²) in [7, 11) is 1.78. The number of fused-ring (bicyclic) bond motifs is 1. The molecule has 0 aliphatic carbocycles. The van der Waals surface area contributed by atoms with Gasteiger partial charge in [-0.3, -0.25) is 0 Å². The molecule has 3 aromatic rings. The van der Waals surface area contributed by atoms with Gasteiger partial charge in [-0.15, -0.1) is 11.3 Å². The zero-order valence-electron chi connectivity index (χ0n) is 14.2. The van der Waals surface area contributed by atoms with Crippen molar-refractivity contribution in [3.8, 4) is 0 Å². The number of nitrogens with one attached hydrogen (secondary N) is 1. The molecule has 1 unspecified atom stereocenters. The van der Waals surface area contributed by atoms with E-state index in [9.17, 15) is 4.79 Å². The molecule has 2 heterocycles. The van der Waals surface area contributed by atoms with E-state index in [1.807, 2.05) is 39.8 Å². The summed E-state index contributed by atoms with van der Waals surface area (Å²) in [5.41, 5.74) is 4.15. The number of hydrogen-bond donors (Lipinski definition) is 1. The average Bonchev–Trinajstić information content (AvgIpc) is 3.14. The fourth-order valence-electron chi connectivity index (χ4n) is 2.60. The van der Waals surface area contributed by atoms with Crippen LogP contribution in [0.2, 0.25) is 0 Å². The Morgan fingerprint density at radius 3 is 2.67 bits per heavy atom. The van der Waals surface area contributed by atoms with Crippen molar-refractivity contribution >= 4 is 45.8 Å². The second kappa shape index (κ2) is 6.45. The van der Waals surface area contributed by atoms with Gasteiger partial charge in [0.25, 0.3) is 0 Å². The number of benzene rings is 1. The molecule has 0 spiro atoms. The van der Waals surface area contributed by atoms with E-state index in [1.165, 1.54) is 0 Å². The molecule has 0 aliphatic rings. The van der Waals surface area contributed by atoms with Gasteiger partial charge in [-0.05, 0) is 39.3 Å². The smallest absolute Gasteiger partial charge is 0.319 e. The lowest BCUT2D eigenvalue weighted by Crippen LogP contribution is -2.34. The van der Waals surface area contributed by atoms with Crippen molar-refractivity contribution in [1.29, 1.82) is 0 Å². The minimum absolute atomic E-state index is 0.108. The predicted octanol–water partition coefficient (Wildman–Crippen LogP) is 4.30. The number of carbonyl (C=O) groups is 1. The van der Waals surface area contributed by atoms with Crippen molar-refractivity contribution in [3.05, 3.63) is 33.3 Å². The molecule has 2 aromatic heterocycles. The van der Waals surface area contributed by atoms with E-state index in [2.05, 4.69) is 19.0 Å². The Morgan fingerprint density at radius 2 is 2.00 bits per heavy atom. The van der Waals surface area contributed by atoms with Crippen LogP contribution in [0.1, 0.15) is 34.1 Å². The van der Waals surface area contributed by atoms with Gasteiger partial charge in [0.2, 0.25) is 0 Å². The van der Waals surface area contributed by atoms with Crippen LogP contribution in [-0.4, -0.2) is 31.7 Å². The number of hydrogen-bond acceptors (Lipinski definition) is 6. The number of aromatic nitrogens is 3. The summed E-state index contributed by atoms with van der Waals surface area (Å²) in [6, 6.07) is 3.56. The third kappa shape index (κ3) is 2.99. The fourth-order valence-corrected chi connectivity index (χ4v) is 4.05. The van der Waals surface area contributed by atoms with E-state index in [0.29, 0.717) is 0 Å². The van der Waals surface area contributed by atoms with Gasteiger partial charge in [-0.1, -0.05) is 6.07 Å². The highest BCUT2D eigenvalue weighted by molar-refractivity contribution is 7.11. The first kappa shape index (κ1) is 16.8. The number of anilines is 1. The lowest BCUT2D eigenvalue weighted by Gasteiger charge is -2.25. The van der Waals surface area contributed by atoms with Crippen molar-refractivity contribution in [3.63, 3.8) is 0 Å². The molecule has 0 aliphatic heterocycles. The van der Waals surface area contributed by atoms with Crippen molar-refractivity contribution in [2.24, 2.45) is 0 Å². The van der Waals surface area contributed by atoms with Crippen molar-refractivity contribution in [1.82, 2.24) is 18.6 Å². The summed E-state index contributed by atoms with van der Waals surface area (Å²) in [6.45, 7) is 7.95. The first-order valence-electron chi connectivity index (χ1n) is 7.58. The number of nitrogens with zero attached hydrogens (tertiary/aromatic N) is 4. The van der Waals surface area contributed by atoms with E-state index < -0.39 is 0 Å². The normalized spacial score (nSPS) is 12.4. The molecule has 0 saturated carbocycles. The number of carbonyl (C=O) groups excluding carboxylic acids is 1. The van der Waals surface area contributed by atoms with E-state index in [-0.39, 0.29) is 12.1 Å². The molecule has 0 fully saturated rings. The molecule has 0 saturated heterocycles. The Hall–Kier alpha value is -2.06. The van der Waals surface area contributed by atoms with E-state index in [4.69, 9.17) is 0 Å². The lowest BCUT2D eigenvalue weighted by atomic mass is 10.1. The largest absolute Gasteiger partial charge is 0.322 e. The Morgan fingerprint density at radius 1 is 1.25 bits per heavy atom. The highest BCUT2D eigenvalue weighted by Crippen LogP contribution is 2.29. The van der Waals surface area contributed by atoms with Crippen LogP contribution in [0.5, 0.6) is 0 Å². The number of aryl methyl sites for hydroxylation is 3. The highest BCUT2D eigenvalue weighted by atomic mass is 32.1. The molecule has 1 aromatic carbocycles.